The molecule has 3 nitrogen and oxygen atoms in total. The van der Waals surface area contributed by atoms with E-state index in [-0.39, 0.29) is 6.10 Å². The molecule has 122 valence electrons. The lowest BCUT2D eigenvalue weighted by Gasteiger charge is -2.28. The number of benzene rings is 2. The number of hydrogen-bond donors (Lipinski definition) is 0. The van der Waals surface area contributed by atoms with E-state index in [4.69, 9.17) is 9.47 Å². The van der Waals surface area contributed by atoms with Crippen molar-refractivity contribution in [2.75, 3.05) is 0 Å². The van der Waals surface area contributed by atoms with Gasteiger partial charge in [0.15, 0.2) is 0 Å². The Balaban J connectivity index is 1.61. The fourth-order valence-corrected chi connectivity index (χ4v) is 3.64. The van der Waals surface area contributed by atoms with Crippen molar-refractivity contribution >= 4 is 11.3 Å². The van der Waals surface area contributed by atoms with Gasteiger partial charge in [0.25, 0.3) is 5.19 Å². The van der Waals surface area contributed by atoms with Crippen LogP contribution in [0.1, 0.15) is 34.8 Å². The molecule has 1 atom stereocenters. The maximum Gasteiger partial charge on any atom is 0.278 e. The smallest absolute Gasteiger partial charge is 0.278 e. The van der Waals surface area contributed by atoms with Crippen molar-refractivity contribution in [1.82, 2.24) is 4.98 Å². The molecule has 4 rings (SSSR count). The van der Waals surface area contributed by atoms with Crippen molar-refractivity contribution < 1.29 is 9.47 Å². The molecule has 1 unspecified atom stereocenters. The first-order chi connectivity index (χ1) is 11.7. The van der Waals surface area contributed by atoms with Crippen molar-refractivity contribution in [1.29, 1.82) is 0 Å². The molecule has 4 heteroatoms. The van der Waals surface area contributed by atoms with Gasteiger partial charge in [-0.1, -0.05) is 35.6 Å². The van der Waals surface area contributed by atoms with Crippen molar-refractivity contribution in [3.63, 3.8) is 0 Å². The van der Waals surface area contributed by atoms with Crippen LogP contribution in [0.15, 0.2) is 48.0 Å². The third kappa shape index (κ3) is 2.89. The molecule has 0 saturated heterocycles. The predicted molar refractivity (Wildman–Crippen MR) is 96.2 cm³/mol. The third-order valence-corrected chi connectivity index (χ3v) is 5.09. The molecule has 2 heterocycles. The minimum Gasteiger partial charge on any atom is -0.485 e. The maximum atomic E-state index is 6.30. The highest BCUT2D eigenvalue weighted by Crippen LogP contribution is 2.40. The average molecular weight is 337 g/mol. The highest BCUT2D eigenvalue weighted by Gasteiger charge is 2.23. The van der Waals surface area contributed by atoms with E-state index in [1.807, 2.05) is 12.3 Å². The molecule has 1 aliphatic heterocycles. The Labute approximate surface area is 145 Å². The van der Waals surface area contributed by atoms with Crippen molar-refractivity contribution in [2.24, 2.45) is 0 Å². The van der Waals surface area contributed by atoms with E-state index in [1.165, 1.54) is 28.0 Å². The van der Waals surface area contributed by atoms with Crippen LogP contribution in [-0.2, 0) is 6.42 Å². The van der Waals surface area contributed by atoms with Gasteiger partial charge in [0.2, 0.25) is 0 Å². The van der Waals surface area contributed by atoms with E-state index in [1.54, 1.807) is 6.20 Å². The fraction of sp³-hybridized carbons (Fsp3) is 0.250. The van der Waals surface area contributed by atoms with E-state index in [9.17, 15) is 0 Å². The monoisotopic (exact) mass is 337 g/mol. The summed E-state index contributed by atoms with van der Waals surface area (Å²) in [7, 11) is 0. The second-order valence-corrected chi connectivity index (χ2v) is 6.98. The number of aryl methyl sites for hydroxylation is 3. The van der Waals surface area contributed by atoms with E-state index < -0.39 is 0 Å². The molecular formula is C20H19NO2S. The quantitative estimate of drug-likeness (QED) is 0.622. The SMILES string of the molecule is Cc1cc2c(cc1Oc1nccs1)CCC(c1ccccc1C)O2. The first-order valence-electron chi connectivity index (χ1n) is 8.14. The summed E-state index contributed by atoms with van der Waals surface area (Å²) < 4.78 is 12.2. The largest absolute Gasteiger partial charge is 0.485 e. The average Bonchev–Trinajstić information content (AvgIpc) is 3.09. The molecule has 0 fully saturated rings. The van der Waals surface area contributed by atoms with Crippen LogP contribution in [0.2, 0.25) is 0 Å². The van der Waals surface area contributed by atoms with Gasteiger partial charge in [-0.2, -0.15) is 0 Å². The number of thiazole rings is 1. The minimum absolute atomic E-state index is 0.129. The number of rotatable bonds is 3. The Bertz CT molecular complexity index is 858. The molecule has 3 aromatic rings. The zero-order chi connectivity index (χ0) is 16.5. The van der Waals surface area contributed by atoms with Crippen molar-refractivity contribution in [3.8, 4) is 16.7 Å². The van der Waals surface area contributed by atoms with E-state index in [2.05, 4.69) is 48.3 Å². The van der Waals surface area contributed by atoms with Crippen LogP contribution in [0, 0.1) is 13.8 Å². The van der Waals surface area contributed by atoms with Gasteiger partial charge in [-0.05, 0) is 61.1 Å². The van der Waals surface area contributed by atoms with Gasteiger partial charge in [0.05, 0.1) is 0 Å². The Morgan fingerprint density at radius 2 is 2.04 bits per heavy atom. The number of nitrogens with zero attached hydrogens (tertiary/aromatic N) is 1. The standard InChI is InChI=1S/C20H19NO2S/c1-13-5-3-4-6-16(13)17-8-7-15-12-18(14(2)11-19(15)22-17)23-20-21-9-10-24-20/h3-6,9-12,17H,7-8H2,1-2H3. The second kappa shape index (κ2) is 6.29. The lowest BCUT2D eigenvalue weighted by atomic mass is 9.94. The number of ether oxygens (including phenoxy) is 2. The Morgan fingerprint density at radius 1 is 1.17 bits per heavy atom. The van der Waals surface area contributed by atoms with Crippen molar-refractivity contribution in [2.45, 2.75) is 32.8 Å². The molecule has 0 radical (unpaired) electrons. The number of aromatic nitrogens is 1. The molecule has 2 aromatic carbocycles. The van der Waals surface area contributed by atoms with E-state index in [0.29, 0.717) is 5.19 Å². The summed E-state index contributed by atoms with van der Waals surface area (Å²) in [6.07, 6.45) is 3.85. The normalized spacial score (nSPS) is 16.3. The van der Waals surface area contributed by atoms with Gasteiger partial charge in [-0.3, -0.25) is 0 Å². The highest BCUT2D eigenvalue weighted by atomic mass is 32.1. The molecule has 0 N–H and O–H groups in total. The van der Waals surface area contributed by atoms with Crippen LogP contribution in [-0.4, -0.2) is 4.98 Å². The first-order valence-corrected chi connectivity index (χ1v) is 9.02. The van der Waals surface area contributed by atoms with Crippen LogP contribution < -0.4 is 9.47 Å². The summed E-state index contributed by atoms with van der Waals surface area (Å²) >= 11 is 1.50. The summed E-state index contributed by atoms with van der Waals surface area (Å²) in [6.45, 7) is 4.19. The van der Waals surface area contributed by atoms with E-state index in [0.717, 1.165) is 29.9 Å². The van der Waals surface area contributed by atoms with Gasteiger partial charge >= 0.3 is 0 Å². The molecule has 0 saturated carbocycles. The first kappa shape index (κ1) is 15.2. The molecule has 0 spiro atoms. The topological polar surface area (TPSA) is 31.4 Å². The molecule has 0 amide bonds. The lowest BCUT2D eigenvalue weighted by molar-refractivity contribution is 0.175. The Hall–Kier alpha value is -2.33. The summed E-state index contributed by atoms with van der Waals surface area (Å²) in [5.41, 5.74) is 4.83. The summed E-state index contributed by atoms with van der Waals surface area (Å²) in [5.74, 6) is 1.83. The summed E-state index contributed by atoms with van der Waals surface area (Å²) in [5, 5.41) is 2.59. The third-order valence-electron chi connectivity index (χ3n) is 4.45. The zero-order valence-electron chi connectivity index (χ0n) is 13.8. The Morgan fingerprint density at radius 3 is 2.83 bits per heavy atom. The molecule has 1 aromatic heterocycles. The van der Waals surface area contributed by atoms with Crippen LogP contribution in [0.4, 0.5) is 0 Å². The zero-order valence-corrected chi connectivity index (χ0v) is 14.6. The fourth-order valence-electron chi connectivity index (χ4n) is 3.14. The van der Waals surface area contributed by atoms with Crippen LogP contribution >= 0.6 is 11.3 Å². The Kier molecular flexibility index (Phi) is 3.98. The summed E-state index contributed by atoms with van der Waals surface area (Å²) in [4.78, 5) is 4.19. The predicted octanol–water partition coefficient (Wildman–Crippen LogP) is 5.62. The molecule has 24 heavy (non-hydrogen) atoms. The molecular weight excluding hydrogens is 318 g/mol. The van der Waals surface area contributed by atoms with Gasteiger partial charge < -0.3 is 9.47 Å². The molecule has 1 aliphatic rings. The van der Waals surface area contributed by atoms with Gasteiger partial charge in [0.1, 0.15) is 17.6 Å². The highest BCUT2D eigenvalue weighted by molar-refractivity contribution is 7.11. The van der Waals surface area contributed by atoms with Gasteiger partial charge in [-0.15, -0.1) is 0 Å². The van der Waals surface area contributed by atoms with Crippen LogP contribution in [0.3, 0.4) is 0 Å². The van der Waals surface area contributed by atoms with Gasteiger partial charge in [-0.25, -0.2) is 4.98 Å². The van der Waals surface area contributed by atoms with Gasteiger partial charge in [0, 0.05) is 11.6 Å². The molecule has 0 aliphatic carbocycles. The number of hydrogen-bond acceptors (Lipinski definition) is 4. The summed E-state index contributed by atoms with van der Waals surface area (Å²) in [6, 6.07) is 12.6. The van der Waals surface area contributed by atoms with Crippen molar-refractivity contribution in [3.05, 3.63) is 70.2 Å². The number of fused-ring (bicyclic) bond motifs is 1. The van der Waals surface area contributed by atoms with Crippen LogP contribution in [0.5, 0.6) is 16.7 Å². The minimum atomic E-state index is 0.129. The van der Waals surface area contributed by atoms with Crippen LogP contribution in [0.25, 0.3) is 0 Å². The molecule has 0 bridgehead atoms. The van der Waals surface area contributed by atoms with E-state index >= 15 is 0 Å². The second-order valence-electron chi connectivity index (χ2n) is 6.13. The lowest BCUT2D eigenvalue weighted by Crippen LogP contribution is -2.16. The maximum absolute atomic E-state index is 6.30.